The number of hydrogen-bond donors (Lipinski definition) is 3. The van der Waals surface area contributed by atoms with Crippen LogP contribution in [0.2, 0.25) is 0 Å². The number of thiol groups is 1. The van der Waals surface area contributed by atoms with Crippen LogP contribution in [0.15, 0.2) is 22.9 Å². The Kier molecular flexibility index (Phi) is 4.18. The highest BCUT2D eigenvalue weighted by atomic mass is 79.9. The molecule has 0 aliphatic rings. The summed E-state index contributed by atoms with van der Waals surface area (Å²) in [5, 5.41) is 18.9. The van der Waals surface area contributed by atoms with Crippen LogP contribution in [-0.4, -0.2) is 27.1 Å². The van der Waals surface area contributed by atoms with Gasteiger partial charge in [0.05, 0.1) is 6.10 Å². The van der Waals surface area contributed by atoms with Crippen LogP contribution < -0.4 is 0 Å². The summed E-state index contributed by atoms with van der Waals surface area (Å²) in [6.45, 7) is 0. The molecule has 0 aliphatic carbocycles. The van der Waals surface area contributed by atoms with Gasteiger partial charge < -0.3 is 10.2 Å². The van der Waals surface area contributed by atoms with Crippen molar-refractivity contribution in [3.05, 3.63) is 28.5 Å². The standard InChI is InChI=1S/C8H10BrNO2S/c9-6-1-5(2-10-3-6)8(12)7(11)4-13/h1-3,7-8,11-13H,4H2. The molecule has 0 saturated carbocycles. The summed E-state index contributed by atoms with van der Waals surface area (Å²) in [6.07, 6.45) is 1.34. The maximum absolute atomic E-state index is 9.55. The van der Waals surface area contributed by atoms with Gasteiger partial charge in [-0.2, -0.15) is 12.6 Å². The highest BCUT2D eigenvalue weighted by Crippen LogP contribution is 2.19. The van der Waals surface area contributed by atoms with Gasteiger partial charge in [-0.3, -0.25) is 4.98 Å². The van der Waals surface area contributed by atoms with Crippen molar-refractivity contribution in [2.75, 3.05) is 5.75 Å². The molecule has 0 bridgehead atoms. The average molecular weight is 264 g/mol. The van der Waals surface area contributed by atoms with E-state index in [1.54, 1.807) is 12.3 Å². The lowest BCUT2D eigenvalue weighted by Gasteiger charge is -2.15. The summed E-state index contributed by atoms with van der Waals surface area (Å²) >= 11 is 7.12. The molecule has 0 spiro atoms. The molecule has 1 aromatic rings. The van der Waals surface area contributed by atoms with Gasteiger partial charge in [-0.05, 0) is 22.0 Å². The second-order valence-electron chi connectivity index (χ2n) is 2.63. The van der Waals surface area contributed by atoms with E-state index in [-0.39, 0.29) is 5.75 Å². The summed E-state index contributed by atoms with van der Waals surface area (Å²) < 4.78 is 0.774. The number of nitrogens with zero attached hydrogens (tertiary/aromatic N) is 1. The predicted octanol–water partition coefficient (Wildman–Crippen LogP) is 1.17. The van der Waals surface area contributed by atoms with Crippen molar-refractivity contribution in [1.82, 2.24) is 4.98 Å². The van der Waals surface area contributed by atoms with Crippen LogP contribution in [-0.2, 0) is 0 Å². The first-order chi connectivity index (χ1) is 6.15. The average Bonchev–Trinajstić information content (AvgIpc) is 2.15. The normalized spacial score (nSPS) is 15.4. The maximum Gasteiger partial charge on any atom is 0.107 e. The first kappa shape index (κ1) is 11.0. The maximum atomic E-state index is 9.55. The summed E-state index contributed by atoms with van der Waals surface area (Å²) in [4.78, 5) is 3.88. The van der Waals surface area contributed by atoms with Crippen molar-refractivity contribution in [3.63, 3.8) is 0 Å². The Hall–Kier alpha value is -0.100. The zero-order chi connectivity index (χ0) is 9.84. The molecule has 72 valence electrons. The van der Waals surface area contributed by atoms with Gasteiger partial charge in [0.1, 0.15) is 6.10 Å². The second-order valence-corrected chi connectivity index (χ2v) is 3.91. The van der Waals surface area contributed by atoms with Crippen molar-refractivity contribution in [2.24, 2.45) is 0 Å². The predicted molar refractivity (Wildman–Crippen MR) is 56.8 cm³/mol. The summed E-state index contributed by atoms with van der Waals surface area (Å²) in [7, 11) is 0. The van der Waals surface area contributed by atoms with E-state index >= 15 is 0 Å². The van der Waals surface area contributed by atoms with Crippen LogP contribution in [0.25, 0.3) is 0 Å². The van der Waals surface area contributed by atoms with Crippen LogP contribution in [0.3, 0.4) is 0 Å². The van der Waals surface area contributed by atoms with Crippen LogP contribution in [0, 0.1) is 0 Å². The molecule has 1 heterocycles. The largest absolute Gasteiger partial charge is 0.389 e. The number of pyridine rings is 1. The molecule has 13 heavy (non-hydrogen) atoms. The van der Waals surface area contributed by atoms with E-state index in [0.717, 1.165) is 4.47 Å². The SMILES string of the molecule is OC(CS)C(O)c1cncc(Br)c1. The Morgan fingerprint density at radius 2 is 2.15 bits per heavy atom. The van der Waals surface area contributed by atoms with E-state index in [1.807, 2.05) is 0 Å². The van der Waals surface area contributed by atoms with Gasteiger partial charge in [-0.25, -0.2) is 0 Å². The molecular formula is C8H10BrNO2S. The molecule has 2 N–H and O–H groups in total. The van der Waals surface area contributed by atoms with Crippen molar-refractivity contribution in [2.45, 2.75) is 12.2 Å². The number of hydrogen-bond acceptors (Lipinski definition) is 4. The third-order valence-electron chi connectivity index (χ3n) is 1.62. The number of aromatic nitrogens is 1. The first-order valence-electron chi connectivity index (χ1n) is 3.72. The monoisotopic (exact) mass is 263 g/mol. The number of aliphatic hydroxyl groups is 2. The van der Waals surface area contributed by atoms with Crippen molar-refractivity contribution < 1.29 is 10.2 Å². The molecule has 0 fully saturated rings. The Morgan fingerprint density at radius 3 is 2.69 bits per heavy atom. The highest BCUT2D eigenvalue weighted by Gasteiger charge is 2.16. The Bertz CT molecular complexity index is 285. The lowest BCUT2D eigenvalue weighted by molar-refractivity contribution is 0.0335. The zero-order valence-electron chi connectivity index (χ0n) is 6.76. The van der Waals surface area contributed by atoms with Crippen molar-refractivity contribution in [3.8, 4) is 0 Å². The van der Waals surface area contributed by atoms with E-state index < -0.39 is 12.2 Å². The molecule has 1 aromatic heterocycles. The minimum absolute atomic E-state index is 0.216. The molecule has 0 saturated heterocycles. The van der Waals surface area contributed by atoms with E-state index in [1.165, 1.54) is 6.20 Å². The van der Waals surface area contributed by atoms with Crippen LogP contribution >= 0.6 is 28.6 Å². The van der Waals surface area contributed by atoms with Crippen LogP contribution in [0.4, 0.5) is 0 Å². The molecule has 0 amide bonds. The molecule has 0 aromatic carbocycles. The zero-order valence-corrected chi connectivity index (χ0v) is 9.24. The summed E-state index contributed by atoms with van der Waals surface area (Å²) in [5.74, 6) is 0.216. The summed E-state index contributed by atoms with van der Waals surface area (Å²) in [5.41, 5.74) is 0.580. The van der Waals surface area contributed by atoms with E-state index in [9.17, 15) is 10.2 Å². The Morgan fingerprint density at radius 1 is 1.46 bits per heavy atom. The van der Waals surface area contributed by atoms with Gasteiger partial charge in [-0.15, -0.1) is 0 Å². The van der Waals surface area contributed by atoms with Gasteiger partial charge >= 0.3 is 0 Å². The third-order valence-corrected chi connectivity index (χ3v) is 2.43. The fourth-order valence-electron chi connectivity index (χ4n) is 0.912. The van der Waals surface area contributed by atoms with Crippen LogP contribution in [0.1, 0.15) is 11.7 Å². The van der Waals surface area contributed by atoms with Gasteiger partial charge in [0.25, 0.3) is 0 Å². The van der Waals surface area contributed by atoms with E-state index in [2.05, 4.69) is 33.5 Å². The smallest absolute Gasteiger partial charge is 0.107 e. The van der Waals surface area contributed by atoms with Crippen molar-refractivity contribution >= 4 is 28.6 Å². The third kappa shape index (κ3) is 2.95. The fourth-order valence-corrected chi connectivity index (χ4v) is 1.49. The molecular weight excluding hydrogens is 254 g/mol. The summed E-state index contributed by atoms with van der Waals surface area (Å²) in [6, 6.07) is 1.71. The molecule has 2 unspecified atom stereocenters. The number of rotatable bonds is 3. The Labute approximate surface area is 90.4 Å². The quantitative estimate of drug-likeness (QED) is 0.718. The molecule has 0 aliphatic heterocycles. The molecule has 3 nitrogen and oxygen atoms in total. The van der Waals surface area contributed by atoms with Crippen LogP contribution in [0.5, 0.6) is 0 Å². The number of halogens is 1. The minimum Gasteiger partial charge on any atom is -0.389 e. The topological polar surface area (TPSA) is 53.4 Å². The second kappa shape index (κ2) is 4.95. The lowest BCUT2D eigenvalue weighted by atomic mass is 10.1. The molecule has 0 radical (unpaired) electrons. The molecule has 2 atom stereocenters. The minimum atomic E-state index is -0.928. The van der Waals surface area contributed by atoms with Gasteiger partial charge in [0.15, 0.2) is 0 Å². The lowest BCUT2D eigenvalue weighted by Crippen LogP contribution is -2.19. The van der Waals surface area contributed by atoms with Gasteiger partial charge in [0, 0.05) is 28.2 Å². The van der Waals surface area contributed by atoms with Gasteiger partial charge in [0.2, 0.25) is 0 Å². The Balaban J connectivity index is 2.82. The van der Waals surface area contributed by atoms with Gasteiger partial charge in [-0.1, -0.05) is 0 Å². The molecule has 5 heteroatoms. The van der Waals surface area contributed by atoms with E-state index in [0.29, 0.717) is 5.56 Å². The first-order valence-corrected chi connectivity index (χ1v) is 5.15. The highest BCUT2D eigenvalue weighted by molar-refractivity contribution is 9.10. The molecule has 1 rings (SSSR count). The van der Waals surface area contributed by atoms with E-state index in [4.69, 9.17) is 0 Å². The fraction of sp³-hybridized carbons (Fsp3) is 0.375. The number of aliphatic hydroxyl groups excluding tert-OH is 2. The van der Waals surface area contributed by atoms with Crippen molar-refractivity contribution in [1.29, 1.82) is 0 Å².